The summed E-state index contributed by atoms with van der Waals surface area (Å²) in [5.74, 6) is -1.17. The van der Waals surface area contributed by atoms with Crippen LogP contribution >= 0.6 is 30.8 Å². The SMILES string of the molecule is COc1cc(OC)nc(Oc2ccc(CP(=O)(OC)OC)c(Oc3nc(OC)cc(OC)n3)c2C(=O)Oc2ccc(Cl)cc2Cl)n1. The van der Waals surface area contributed by atoms with Crippen molar-refractivity contribution in [2.24, 2.45) is 0 Å². The Morgan fingerprint density at radius 3 is 1.67 bits per heavy atom. The summed E-state index contributed by atoms with van der Waals surface area (Å²) < 4.78 is 62.2. The molecule has 0 radical (unpaired) electrons. The van der Waals surface area contributed by atoms with Gasteiger partial charge in [-0.25, -0.2) is 4.79 Å². The van der Waals surface area contributed by atoms with Crippen LogP contribution in [0.1, 0.15) is 15.9 Å². The van der Waals surface area contributed by atoms with E-state index in [2.05, 4.69) is 19.9 Å². The van der Waals surface area contributed by atoms with Crippen molar-refractivity contribution in [1.82, 2.24) is 19.9 Å². The molecule has 0 saturated carbocycles. The van der Waals surface area contributed by atoms with Crippen LogP contribution in [0.4, 0.5) is 0 Å². The number of methoxy groups -OCH3 is 4. The van der Waals surface area contributed by atoms with E-state index in [9.17, 15) is 9.36 Å². The van der Waals surface area contributed by atoms with E-state index in [0.717, 1.165) is 0 Å². The number of ether oxygens (including phenoxy) is 7. The first-order valence-corrected chi connectivity index (χ1v) is 15.4. The van der Waals surface area contributed by atoms with Crippen LogP contribution in [-0.4, -0.2) is 68.6 Å². The first-order chi connectivity index (χ1) is 22.0. The van der Waals surface area contributed by atoms with Crippen molar-refractivity contribution in [1.29, 1.82) is 0 Å². The Balaban J connectivity index is 1.97. The number of carbonyl (C=O) groups is 1. The summed E-state index contributed by atoms with van der Waals surface area (Å²) in [6.07, 6.45) is -0.373. The molecule has 0 aliphatic carbocycles. The summed E-state index contributed by atoms with van der Waals surface area (Å²) in [6, 6.07) is 9.31. The number of hydrogen-bond donors (Lipinski definition) is 0. The third-order valence-electron chi connectivity index (χ3n) is 5.97. The van der Waals surface area contributed by atoms with E-state index in [-0.39, 0.29) is 75.1 Å². The Labute approximate surface area is 273 Å². The maximum atomic E-state index is 14.0. The molecular weight excluding hydrogens is 670 g/mol. The lowest BCUT2D eigenvalue weighted by Crippen LogP contribution is -2.14. The summed E-state index contributed by atoms with van der Waals surface area (Å²) in [7, 11) is 4.19. The fourth-order valence-corrected chi connectivity index (χ4v) is 5.24. The fourth-order valence-electron chi connectivity index (χ4n) is 3.71. The van der Waals surface area contributed by atoms with Crippen molar-refractivity contribution in [2.75, 3.05) is 42.7 Å². The molecule has 18 heteroatoms. The molecule has 0 atom stereocenters. The number of hydrogen-bond acceptors (Lipinski definition) is 15. The van der Waals surface area contributed by atoms with Crippen molar-refractivity contribution in [3.05, 3.63) is 63.6 Å². The summed E-state index contributed by atoms with van der Waals surface area (Å²) in [5.41, 5.74) is -0.207. The van der Waals surface area contributed by atoms with Crippen molar-refractivity contribution >= 4 is 36.8 Å². The minimum Gasteiger partial charge on any atom is -0.481 e. The Kier molecular flexibility index (Phi) is 11.4. The lowest BCUT2D eigenvalue weighted by atomic mass is 10.1. The van der Waals surface area contributed by atoms with E-state index >= 15 is 0 Å². The van der Waals surface area contributed by atoms with Gasteiger partial charge in [-0.15, -0.1) is 0 Å². The van der Waals surface area contributed by atoms with Gasteiger partial charge in [-0.3, -0.25) is 4.57 Å². The second-order valence-electron chi connectivity index (χ2n) is 8.70. The van der Waals surface area contributed by atoms with Crippen LogP contribution in [0.2, 0.25) is 10.0 Å². The van der Waals surface area contributed by atoms with Crippen LogP contribution in [0.5, 0.6) is 52.8 Å². The molecule has 0 amide bonds. The normalized spacial score (nSPS) is 11.0. The van der Waals surface area contributed by atoms with Crippen LogP contribution in [-0.2, 0) is 19.8 Å². The fraction of sp³-hybridized carbons (Fsp3) is 0.250. The predicted molar refractivity (Wildman–Crippen MR) is 164 cm³/mol. The van der Waals surface area contributed by atoms with E-state index in [1.807, 2.05) is 0 Å². The molecule has 46 heavy (non-hydrogen) atoms. The molecule has 2 heterocycles. The molecule has 4 aromatic rings. The topological polar surface area (TPSA) is 169 Å². The molecule has 2 aromatic carbocycles. The standard InChI is InChI=1S/C28H27Cl2N4O11P/c1-37-20-12-21(38-2)32-27(31-20)44-19-9-7-15(14-46(36,41-5)42-6)25(45-28-33-22(39-3)13-23(34-28)40-4)24(19)26(35)43-18-10-8-16(29)11-17(18)30/h7-13H,14H2,1-6H3. The number of rotatable bonds is 14. The van der Waals surface area contributed by atoms with Gasteiger partial charge in [0.2, 0.25) is 23.5 Å². The second-order valence-corrected chi connectivity index (χ2v) is 11.8. The van der Waals surface area contributed by atoms with Crippen molar-refractivity contribution in [2.45, 2.75) is 6.16 Å². The third kappa shape index (κ3) is 8.24. The summed E-state index contributed by atoms with van der Waals surface area (Å²) >= 11 is 12.3. The molecule has 0 bridgehead atoms. The lowest BCUT2D eigenvalue weighted by molar-refractivity contribution is 0.0728. The molecule has 4 rings (SSSR count). The van der Waals surface area contributed by atoms with Gasteiger partial charge in [-0.05, 0) is 24.3 Å². The minimum absolute atomic E-state index is 0.0342. The third-order valence-corrected chi connectivity index (χ3v) is 8.34. The highest BCUT2D eigenvalue weighted by Crippen LogP contribution is 2.52. The molecule has 244 valence electrons. The Morgan fingerprint density at radius 1 is 0.696 bits per heavy atom. The molecule has 0 N–H and O–H groups in total. The summed E-state index contributed by atoms with van der Waals surface area (Å²) in [6.45, 7) is 0. The molecule has 0 unspecified atom stereocenters. The van der Waals surface area contributed by atoms with E-state index in [4.69, 9.17) is 65.4 Å². The Morgan fingerprint density at radius 2 is 1.20 bits per heavy atom. The number of carbonyl (C=O) groups excluding carboxylic acids is 1. The monoisotopic (exact) mass is 696 g/mol. The van der Waals surface area contributed by atoms with Gasteiger partial charge >= 0.3 is 25.6 Å². The molecule has 0 aliphatic heterocycles. The van der Waals surface area contributed by atoms with Gasteiger partial charge in [-0.1, -0.05) is 29.3 Å². The maximum absolute atomic E-state index is 14.0. The molecule has 0 saturated heterocycles. The van der Waals surface area contributed by atoms with Gasteiger partial charge in [0.25, 0.3) is 0 Å². The molecule has 2 aromatic heterocycles. The van der Waals surface area contributed by atoms with Gasteiger partial charge in [0.15, 0.2) is 5.75 Å². The first-order valence-electron chi connectivity index (χ1n) is 12.9. The van der Waals surface area contributed by atoms with Crippen LogP contribution in [0.15, 0.2) is 42.5 Å². The zero-order valence-electron chi connectivity index (χ0n) is 25.2. The number of esters is 1. The van der Waals surface area contributed by atoms with Crippen LogP contribution in [0.25, 0.3) is 0 Å². The Hall–Kier alpha value is -4.40. The maximum Gasteiger partial charge on any atom is 0.351 e. The quantitative estimate of drug-likeness (QED) is 0.0806. The van der Waals surface area contributed by atoms with Crippen molar-refractivity contribution in [3.63, 3.8) is 0 Å². The van der Waals surface area contributed by atoms with Gasteiger partial charge in [0.1, 0.15) is 17.1 Å². The van der Waals surface area contributed by atoms with Gasteiger partial charge in [-0.2, -0.15) is 19.9 Å². The van der Waals surface area contributed by atoms with E-state index in [1.54, 1.807) is 0 Å². The highest BCUT2D eigenvalue weighted by atomic mass is 35.5. The average molecular weight is 697 g/mol. The van der Waals surface area contributed by atoms with Crippen molar-refractivity contribution in [3.8, 4) is 52.8 Å². The van der Waals surface area contributed by atoms with Crippen molar-refractivity contribution < 1.29 is 51.6 Å². The van der Waals surface area contributed by atoms with E-state index in [0.29, 0.717) is 5.02 Å². The minimum atomic E-state index is -3.75. The highest BCUT2D eigenvalue weighted by molar-refractivity contribution is 7.52. The smallest absolute Gasteiger partial charge is 0.351 e. The Bertz CT molecular complexity index is 1730. The first kappa shape index (κ1) is 34.5. The lowest BCUT2D eigenvalue weighted by Gasteiger charge is -2.20. The van der Waals surface area contributed by atoms with Crippen LogP contribution in [0, 0.1) is 0 Å². The predicted octanol–water partition coefficient (Wildman–Crippen LogP) is 6.40. The number of aromatic nitrogens is 4. The second kappa shape index (κ2) is 15.3. The number of nitrogens with zero attached hydrogens (tertiary/aromatic N) is 4. The molecular formula is C28H27Cl2N4O11P. The van der Waals surface area contributed by atoms with Gasteiger partial charge < -0.3 is 42.2 Å². The summed E-state index contributed by atoms with van der Waals surface area (Å²) in [4.78, 5) is 30.7. The molecule has 15 nitrogen and oxygen atoms in total. The largest absolute Gasteiger partial charge is 0.481 e. The molecule has 0 aliphatic rings. The highest BCUT2D eigenvalue weighted by Gasteiger charge is 2.32. The summed E-state index contributed by atoms with van der Waals surface area (Å²) in [5, 5.41) is 0.343. The van der Waals surface area contributed by atoms with Gasteiger partial charge in [0.05, 0.1) is 51.8 Å². The van der Waals surface area contributed by atoms with E-state index < -0.39 is 13.6 Å². The number of benzene rings is 2. The molecule has 0 spiro atoms. The van der Waals surface area contributed by atoms with Gasteiger partial charge in [0, 0.05) is 24.8 Å². The number of halogens is 2. The van der Waals surface area contributed by atoms with Crippen LogP contribution in [0.3, 0.4) is 0 Å². The van der Waals surface area contributed by atoms with Crippen LogP contribution < -0.4 is 33.2 Å². The average Bonchev–Trinajstić information content (AvgIpc) is 3.06. The zero-order valence-corrected chi connectivity index (χ0v) is 27.6. The zero-order chi connectivity index (χ0) is 33.4. The van der Waals surface area contributed by atoms with E-state index in [1.165, 1.54) is 85.1 Å². The molecule has 0 fully saturated rings.